The number of amides is 1. The van der Waals surface area contributed by atoms with Crippen LogP contribution in [0.2, 0.25) is 0 Å². The summed E-state index contributed by atoms with van der Waals surface area (Å²) in [5.74, 6) is 1.12. The van der Waals surface area contributed by atoms with Crippen LogP contribution in [0.4, 0.5) is 0 Å². The average molecular weight is 299 g/mol. The smallest absolute Gasteiger partial charge is 0.239 e. The van der Waals surface area contributed by atoms with Crippen molar-refractivity contribution >= 4 is 17.7 Å². The molecule has 2 N–H and O–H groups in total. The van der Waals surface area contributed by atoms with Crippen molar-refractivity contribution in [3.8, 4) is 0 Å². The third-order valence-corrected chi connectivity index (χ3v) is 5.31. The van der Waals surface area contributed by atoms with Gasteiger partial charge < -0.3 is 10.6 Å². The van der Waals surface area contributed by atoms with Gasteiger partial charge in [-0.05, 0) is 31.3 Å². The number of hydrogen-bond acceptors (Lipinski definition) is 4. The SMILES string of the molecule is CSCC[C@H](N)C(=O)N1CCN(C2CCCCC2)CC1. The van der Waals surface area contributed by atoms with Crippen molar-refractivity contribution in [2.24, 2.45) is 5.73 Å². The van der Waals surface area contributed by atoms with E-state index in [9.17, 15) is 4.79 Å². The zero-order valence-corrected chi connectivity index (χ0v) is 13.5. The molecule has 0 radical (unpaired) electrons. The third kappa shape index (κ3) is 4.37. The minimum atomic E-state index is -0.302. The van der Waals surface area contributed by atoms with Crippen molar-refractivity contribution in [3.05, 3.63) is 0 Å². The highest BCUT2D eigenvalue weighted by molar-refractivity contribution is 7.98. The number of carbonyl (C=O) groups excluding carboxylic acids is 1. The standard InChI is InChI=1S/C15H29N3OS/c1-20-12-7-14(16)15(19)18-10-8-17(9-11-18)13-5-3-2-4-6-13/h13-14H,2-12,16H2,1H3/t14-/m0/s1. The Hall–Kier alpha value is -0.260. The van der Waals surface area contributed by atoms with E-state index in [1.54, 1.807) is 11.8 Å². The molecule has 0 spiro atoms. The molecule has 0 aromatic heterocycles. The summed E-state index contributed by atoms with van der Waals surface area (Å²) >= 11 is 1.75. The van der Waals surface area contributed by atoms with Crippen LogP contribution in [0.1, 0.15) is 38.5 Å². The molecule has 2 fully saturated rings. The molecule has 1 atom stereocenters. The van der Waals surface area contributed by atoms with Gasteiger partial charge in [-0.2, -0.15) is 11.8 Å². The maximum Gasteiger partial charge on any atom is 0.239 e. The maximum absolute atomic E-state index is 12.3. The van der Waals surface area contributed by atoms with Crippen LogP contribution in [-0.4, -0.2) is 66.0 Å². The fraction of sp³-hybridized carbons (Fsp3) is 0.933. The monoisotopic (exact) mass is 299 g/mol. The van der Waals surface area contributed by atoms with Crippen LogP contribution in [0.25, 0.3) is 0 Å². The van der Waals surface area contributed by atoms with E-state index in [1.165, 1.54) is 32.1 Å². The summed E-state index contributed by atoms with van der Waals surface area (Å²) in [5.41, 5.74) is 5.99. The lowest BCUT2D eigenvalue weighted by atomic mass is 9.94. The van der Waals surface area contributed by atoms with Crippen LogP contribution in [0.3, 0.4) is 0 Å². The lowest BCUT2D eigenvalue weighted by Crippen LogP contribution is -2.55. The normalized spacial score (nSPS) is 23.8. The number of carbonyl (C=O) groups is 1. The minimum Gasteiger partial charge on any atom is -0.339 e. The molecule has 1 heterocycles. The van der Waals surface area contributed by atoms with Gasteiger partial charge in [-0.1, -0.05) is 19.3 Å². The summed E-state index contributed by atoms with van der Waals surface area (Å²) in [4.78, 5) is 16.8. The Labute approximate surface area is 127 Å². The lowest BCUT2D eigenvalue weighted by molar-refractivity contribution is -0.134. The van der Waals surface area contributed by atoms with Gasteiger partial charge in [0.1, 0.15) is 0 Å². The molecule has 2 aliphatic rings. The van der Waals surface area contributed by atoms with Gasteiger partial charge >= 0.3 is 0 Å². The number of nitrogens with two attached hydrogens (primary N) is 1. The molecule has 0 bridgehead atoms. The van der Waals surface area contributed by atoms with E-state index in [0.717, 1.165) is 44.4 Å². The van der Waals surface area contributed by atoms with Gasteiger partial charge in [0.25, 0.3) is 0 Å². The van der Waals surface area contributed by atoms with Crippen LogP contribution < -0.4 is 5.73 Å². The molecule has 5 heteroatoms. The van der Waals surface area contributed by atoms with Crippen molar-refractivity contribution in [3.63, 3.8) is 0 Å². The predicted molar refractivity (Wildman–Crippen MR) is 86.0 cm³/mol. The molecular formula is C15H29N3OS. The Morgan fingerprint density at radius 3 is 2.45 bits per heavy atom. The van der Waals surface area contributed by atoms with Crippen LogP contribution in [0.5, 0.6) is 0 Å². The highest BCUT2D eigenvalue weighted by Crippen LogP contribution is 2.23. The van der Waals surface area contributed by atoms with E-state index < -0.39 is 0 Å². The minimum absolute atomic E-state index is 0.155. The number of piperazine rings is 1. The van der Waals surface area contributed by atoms with Gasteiger partial charge in [-0.15, -0.1) is 0 Å². The Morgan fingerprint density at radius 2 is 1.85 bits per heavy atom. The lowest BCUT2D eigenvalue weighted by Gasteiger charge is -2.41. The first-order valence-corrected chi connectivity index (χ1v) is 9.39. The maximum atomic E-state index is 12.3. The third-order valence-electron chi connectivity index (χ3n) is 4.67. The largest absolute Gasteiger partial charge is 0.339 e. The van der Waals surface area contributed by atoms with E-state index >= 15 is 0 Å². The van der Waals surface area contributed by atoms with Gasteiger partial charge in [0.15, 0.2) is 0 Å². The first-order valence-electron chi connectivity index (χ1n) is 7.99. The molecule has 1 amide bonds. The van der Waals surface area contributed by atoms with Crippen molar-refractivity contribution < 1.29 is 4.79 Å². The summed E-state index contributed by atoms with van der Waals surface area (Å²) in [6.07, 6.45) is 9.71. The number of rotatable bonds is 5. The first-order chi connectivity index (χ1) is 9.72. The van der Waals surface area contributed by atoms with Gasteiger partial charge in [0.05, 0.1) is 6.04 Å². The number of thioether (sulfide) groups is 1. The van der Waals surface area contributed by atoms with E-state index in [1.807, 2.05) is 4.90 Å². The van der Waals surface area contributed by atoms with Gasteiger partial charge in [-0.25, -0.2) is 0 Å². The van der Waals surface area contributed by atoms with E-state index in [-0.39, 0.29) is 11.9 Å². The Morgan fingerprint density at radius 1 is 1.20 bits per heavy atom. The molecule has 0 unspecified atom stereocenters. The van der Waals surface area contributed by atoms with Gasteiger partial charge in [-0.3, -0.25) is 9.69 Å². The molecule has 20 heavy (non-hydrogen) atoms. The quantitative estimate of drug-likeness (QED) is 0.837. The molecule has 1 saturated heterocycles. The molecule has 1 aliphatic carbocycles. The topological polar surface area (TPSA) is 49.6 Å². The molecule has 0 aromatic carbocycles. The van der Waals surface area contributed by atoms with Crippen LogP contribution >= 0.6 is 11.8 Å². The van der Waals surface area contributed by atoms with Crippen molar-refractivity contribution in [2.75, 3.05) is 38.2 Å². The highest BCUT2D eigenvalue weighted by Gasteiger charge is 2.28. The van der Waals surface area contributed by atoms with E-state index in [2.05, 4.69) is 11.2 Å². The zero-order valence-electron chi connectivity index (χ0n) is 12.7. The predicted octanol–water partition coefficient (Wildman–Crippen LogP) is 1.54. The fourth-order valence-corrected chi connectivity index (χ4v) is 3.85. The second kappa shape index (κ2) is 8.25. The Balaban J connectivity index is 1.74. The molecule has 1 aliphatic heterocycles. The Kier molecular flexibility index (Phi) is 6.65. The molecule has 4 nitrogen and oxygen atoms in total. The molecule has 116 valence electrons. The zero-order chi connectivity index (χ0) is 14.4. The molecule has 0 aromatic rings. The van der Waals surface area contributed by atoms with Crippen molar-refractivity contribution in [1.29, 1.82) is 0 Å². The second-order valence-electron chi connectivity index (χ2n) is 6.04. The molecule has 2 rings (SSSR count). The van der Waals surface area contributed by atoms with Gasteiger partial charge in [0.2, 0.25) is 5.91 Å². The molecular weight excluding hydrogens is 270 g/mol. The highest BCUT2D eigenvalue weighted by atomic mass is 32.2. The summed E-state index contributed by atoms with van der Waals surface area (Å²) in [6, 6.07) is 0.467. The summed E-state index contributed by atoms with van der Waals surface area (Å²) < 4.78 is 0. The van der Waals surface area contributed by atoms with Crippen LogP contribution in [0, 0.1) is 0 Å². The fourth-order valence-electron chi connectivity index (χ4n) is 3.36. The summed E-state index contributed by atoms with van der Waals surface area (Å²) in [5, 5.41) is 0. The van der Waals surface area contributed by atoms with Crippen molar-refractivity contribution in [2.45, 2.75) is 50.6 Å². The molecule has 1 saturated carbocycles. The second-order valence-corrected chi connectivity index (χ2v) is 7.03. The Bertz CT molecular complexity index is 299. The van der Waals surface area contributed by atoms with E-state index in [0.29, 0.717) is 0 Å². The number of nitrogens with zero attached hydrogens (tertiary/aromatic N) is 2. The van der Waals surface area contributed by atoms with Crippen LogP contribution in [0.15, 0.2) is 0 Å². The summed E-state index contributed by atoms with van der Waals surface area (Å²) in [6.45, 7) is 3.79. The number of hydrogen-bond donors (Lipinski definition) is 1. The first kappa shape index (κ1) is 16.1. The van der Waals surface area contributed by atoms with E-state index in [4.69, 9.17) is 5.73 Å². The van der Waals surface area contributed by atoms with Crippen LogP contribution in [-0.2, 0) is 4.79 Å². The summed E-state index contributed by atoms with van der Waals surface area (Å²) in [7, 11) is 0. The van der Waals surface area contributed by atoms with Gasteiger partial charge in [0, 0.05) is 32.2 Å². The van der Waals surface area contributed by atoms with Crippen molar-refractivity contribution in [1.82, 2.24) is 9.80 Å². The average Bonchev–Trinajstić information content (AvgIpc) is 2.53.